The number of anilines is 1. The van der Waals surface area contributed by atoms with E-state index in [0.29, 0.717) is 22.3 Å². The number of rotatable bonds is 6. The van der Waals surface area contributed by atoms with Gasteiger partial charge in [-0.1, -0.05) is 42.3 Å². The van der Waals surface area contributed by atoms with Gasteiger partial charge in [0, 0.05) is 11.1 Å². The van der Waals surface area contributed by atoms with Gasteiger partial charge in [-0.3, -0.25) is 4.79 Å². The molecule has 2 rings (SSSR count). The van der Waals surface area contributed by atoms with Gasteiger partial charge in [-0.05, 0) is 48.4 Å². The average molecular weight is 350 g/mol. The third kappa shape index (κ3) is 5.62. The Bertz CT molecular complexity index is 697. The number of carbonyl (C=O) groups excluding carboxylic acids is 1. The lowest BCUT2D eigenvalue weighted by molar-refractivity contribution is -0.111. The van der Waals surface area contributed by atoms with Gasteiger partial charge in [-0.25, -0.2) is 0 Å². The Morgan fingerprint density at radius 1 is 1.17 bits per heavy atom. The molecule has 23 heavy (non-hydrogen) atoms. The van der Waals surface area contributed by atoms with Gasteiger partial charge in [0.1, 0.15) is 5.75 Å². The zero-order chi connectivity index (χ0) is 16.7. The summed E-state index contributed by atoms with van der Waals surface area (Å²) >= 11 is 11.8. The summed E-state index contributed by atoms with van der Waals surface area (Å²) in [6, 6.07) is 12.5. The zero-order valence-electron chi connectivity index (χ0n) is 12.7. The van der Waals surface area contributed by atoms with Crippen LogP contribution >= 0.6 is 23.2 Å². The van der Waals surface area contributed by atoms with E-state index in [1.165, 1.54) is 6.08 Å². The molecular formula is C18H17Cl2NO2. The maximum Gasteiger partial charge on any atom is 0.248 e. The molecule has 0 aromatic heterocycles. The maximum atomic E-state index is 11.9. The van der Waals surface area contributed by atoms with Gasteiger partial charge < -0.3 is 10.1 Å². The third-order valence-corrected chi connectivity index (χ3v) is 3.52. The highest BCUT2D eigenvalue weighted by atomic mass is 35.5. The molecule has 0 aliphatic carbocycles. The number of hydrogen-bond donors (Lipinski definition) is 1. The lowest BCUT2D eigenvalue weighted by Crippen LogP contribution is -2.08. The summed E-state index contributed by atoms with van der Waals surface area (Å²) in [5.41, 5.74) is 1.43. The SMILES string of the molecule is CCCOc1ccc(C=CC(=O)Nc2ccc(Cl)cc2Cl)cc1. The molecule has 0 atom stereocenters. The fourth-order valence-electron chi connectivity index (χ4n) is 1.83. The van der Waals surface area contributed by atoms with Gasteiger partial charge >= 0.3 is 0 Å². The van der Waals surface area contributed by atoms with Gasteiger partial charge in [0.25, 0.3) is 0 Å². The first-order valence-electron chi connectivity index (χ1n) is 7.25. The standard InChI is InChI=1S/C18H17Cl2NO2/c1-2-11-23-15-7-3-13(4-8-15)5-10-18(22)21-17-9-6-14(19)12-16(17)20/h3-10,12H,2,11H2,1H3,(H,21,22). The van der Waals surface area contributed by atoms with Crippen molar-refractivity contribution in [2.45, 2.75) is 13.3 Å². The number of carbonyl (C=O) groups is 1. The molecule has 0 aliphatic heterocycles. The Labute approximate surface area is 145 Å². The van der Waals surface area contributed by atoms with Crippen LogP contribution < -0.4 is 10.1 Å². The van der Waals surface area contributed by atoms with E-state index in [1.54, 1.807) is 24.3 Å². The van der Waals surface area contributed by atoms with Crippen molar-refractivity contribution in [1.29, 1.82) is 0 Å². The summed E-state index contributed by atoms with van der Waals surface area (Å²) in [5.74, 6) is 0.557. The van der Waals surface area contributed by atoms with Crippen molar-refractivity contribution in [1.82, 2.24) is 0 Å². The van der Waals surface area contributed by atoms with Crippen LogP contribution in [0, 0.1) is 0 Å². The first kappa shape index (κ1) is 17.4. The summed E-state index contributed by atoms with van der Waals surface area (Å²) < 4.78 is 5.51. The molecule has 0 unspecified atom stereocenters. The predicted molar refractivity (Wildman–Crippen MR) is 96.4 cm³/mol. The van der Waals surface area contributed by atoms with E-state index in [2.05, 4.69) is 12.2 Å². The molecule has 1 N–H and O–H groups in total. The fraction of sp³-hybridized carbons (Fsp3) is 0.167. The summed E-state index contributed by atoms with van der Waals surface area (Å²) in [4.78, 5) is 11.9. The average Bonchev–Trinajstić information content (AvgIpc) is 2.54. The topological polar surface area (TPSA) is 38.3 Å². The van der Waals surface area contributed by atoms with Crippen molar-refractivity contribution in [3.8, 4) is 5.75 Å². The molecule has 2 aromatic rings. The van der Waals surface area contributed by atoms with Gasteiger partial charge in [-0.15, -0.1) is 0 Å². The summed E-state index contributed by atoms with van der Waals surface area (Å²) in [6.07, 6.45) is 4.14. The van der Waals surface area contributed by atoms with Crippen molar-refractivity contribution in [3.05, 3.63) is 64.1 Å². The van der Waals surface area contributed by atoms with Crippen molar-refractivity contribution < 1.29 is 9.53 Å². The Morgan fingerprint density at radius 3 is 2.57 bits per heavy atom. The number of benzene rings is 2. The quantitative estimate of drug-likeness (QED) is 0.705. The number of amides is 1. The normalized spacial score (nSPS) is 10.7. The van der Waals surface area contributed by atoms with E-state index in [0.717, 1.165) is 17.7 Å². The van der Waals surface area contributed by atoms with Gasteiger partial charge in [-0.2, -0.15) is 0 Å². The molecule has 3 nitrogen and oxygen atoms in total. The van der Waals surface area contributed by atoms with Crippen LogP contribution in [-0.2, 0) is 4.79 Å². The van der Waals surface area contributed by atoms with Crippen molar-refractivity contribution >= 4 is 40.9 Å². The molecule has 0 bridgehead atoms. The van der Waals surface area contributed by atoms with E-state index >= 15 is 0 Å². The molecule has 0 saturated heterocycles. The highest BCUT2D eigenvalue weighted by Crippen LogP contribution is 2.25. The lowest BCUT2D eigenvalue weighted by atomic mass is 10.2. The van der Waals surface area contributed by atoms with Crippen molar-refractivity contribution in [2.24, 2.45) is 0 Å². The van der Waals surface area contributed by atoms with E-state index < -0.39 is 0 Å². The van der Waals surface area contributed by atoms with Crippen LogP contribution in [-0.4, -0.2) is 12.5 Å². The maximum absolute atomic E-state index is 11.9. The van der Waals surface area contributed by atoms with Gasteiger partial charge in [0.15, 0.2) is 0 Å². The largest absolute Gasteiger partial charge is 0.494 e. The Hall–Kier alpha value is -1.97. The van der Waals surface area contributed by atoms with Crippen LogP contribution in [0.5, 0.6) is 5.75 Å². The highest BCUT2D eigenvalue weighted by molar-refractivity contribution is 6.36. The summed E-state index contributed by atoms with van der Waals surface area (Å²) in [7, 11) is 0. The molecule has 120 valence electrons. The van der Waals surface area contributed by atoms with Crippen LogP contribution in [0.15, 0.2) is 48.5 Å². The van der Waals surface area contributed by atoms with Crippen molar-refractivity contribution in [2.75, 3.05) is 11.9 Å². The number of ether oxygens (including phenoxy) is 1. The number of halogens is 2. The van der Waals surface area contributed by atoms with Crippen LogP contribution in [0.25, 0.3) is 6.08 Å². The molecule has 0 saturated carbocycles. The Morgan fingerprint density at radius 2 is 1.91 bits per heavy atom. The van der Waals surface area contributed by atoms with Crippen LogP contribution in [0.3, 0.4) is 0 Å². The Kier molecular flexibility index (Phi) is 6.51. The molecule has 0 fully saturated rings. The molecule has 5 heteroatoms. The van der Waals surface area contributed by atoms with E-state index in [9.17, 15) is 4.79 Å². The second-order valence-corrected chi connectivity index (χ2v) is 5.71. The predicted octanol–water partition coefficient (Wildman–Crippen LogP) is 5.43. The second-order valence-electron chi connectivity index (χ2n) is 4.86. The minimum absolute atomic E-state index is 0.263. The smallest absolute Gasteiger partial charge is 0.248 e. The molecule has 0 spiro atoms. The molecule has 0 aliphatic rings. The molecule has 0 radical (unpaired) electrons. The minimum atomic E-state index is -0.263. The minimum Gasteiger partial charge on any atom is -0.494 e. The summed E-state index contributed by atoms with van der Waals surface area (Å²) in [5, 5.41) is 3.63. The van der Waals surface area contributed by atoms with Gasteiger partial charge in [0.05, 0.1) is 17.3 Å². The van der Waals surface area contributed by atoms with E-state index in [1.807, 2.05) is 24.3 Å². The summed E-state index contributed by atoms with van der Waals surface area (Å²) in [6.45, 7) is 2.75. The first-order chi connectivity index (χ1) is 11.1. The van der Waals surface area contributed by atoms with Crippen LogP contribution in [0.4, 0.5) is 5.69 Å². The molecule has 2 aromatic carbocycles. The van der Waals surface area contributed by atoms with Crippen molar-refractivity contribution in [3.63, 3.8) is 0 Å². The van der Waals surface area contributed by atoms with Crippen LogP contribution in [0.2, 0.25) is 10.0 Å². The van der Waals surface area contributed by atoms with E-state index in [-0.39, 0.29) is 5.91 Å². The second kappa shape index (κ2) is 8.61. The Balaban J connectivity index is 1.95. The van der Waals surface area contributed by atoms with Crippen LogP contribution in [0.1, 0.15) is 18.9 Å². The lowest BCUT2D eigenvalue weighted by Gasteiger charge is -2.05. The highest BCUT2D eigenvalue weighted by Gasteiger charge is 2.03. The van der Waals surface area contributed by atoms with E-state index in [4.69, 9.17) is 27.9 Å². The monoisotopic (exact) mass is 349 g/mol. The number of hydrogen-bond acceptors (Lipinski definition) is 2. The fourth-order valence-corrected chi connectivity index (χ4v) is 2.29. The molecular weight excluding hydrogens is 333 g/mol. The van der Waals surface area contributed by atoms with Gasteiger partial charge in [0.2, 0.25) is 5.91 Å². The third-order valence-electron chi connectivity index (χ3n) is 2.97. The number of nitrogens with one attached hydrogen (secondary N) is 1. The molecule has 0 heterocycles. The molecule has 1 amide bonds. The first-order valence-corrected chi connectivity index (χ1v) is 8.01. The zero-order valence-corrected chi connectivity index (χ0v) is 14.2.